The quantitative estimate of drug-likeness (QED) is 0.202. The Labute approximate surface area is 245 Å². The largest absolute Gasteiger partial charge is 0.309 e. The van der Waals surface area contributed by atoms with Gasteiger partial charge < -0.3 is 9.13 Å². The second kappa shape index (κ2) is 8.30. The minimum absolute atomic E-state index is 0.944. The van der Waals surface area contributed by atoms with Crippen molar-refractivity contribution in [1.29, 1.82) is 0 Å². The van der Waals surface area contributed by atoms with Crippen LogP contribution in [0.3, 0.4) is 0 Å². The number of aromatic nitrogens is 5. The second-order valence-electron chi connectivity index (χ2n) is 11.1. The highest BCUT2D eigenvalue weighted by molar-refractivity contribution is 6.33. The third-order valence-corrected chi connectivity index (χ3v) is 8.97. The topological polar surface area (TPSA) is 40.0 Å². The van der Waals surface area contributed by atoms with Gasteiger partial charge in [-0.3, -0.25) is 9.38 Å². The molecule has 0 aliphatic heterocycles. The molecule has 0 unspecified atom stereocenters. The zero-order chi connectivity index (χ0) is 28.1. The van der Waals surface area contributed by atoms with Crippen molar-refractivity contribution in [3.63, 3.8) is 0 Å². The van der Waals surface area contributed by atoms with Crippen LogP contribution in [0.4, 0.5) is 0 Å². The van der Waals surface area contributed by atoms with Gasteiger partial charge in [0.15, 0.2) is 0 Å². The number of benzene rings is 5. The van der Waals surface area contributed by atoms with Crippen molar-refractivity contribution in [2.24, 2.45) is 0 Å². The Kier molecular flexibility index (Phi) is 4.39. The van der Waals surface area contributed by atoms with Crippen LogP contribution >= 0.6 is 0 Å². The van der Waals surface area contributed by atoms with Crippen molar-refractivity contribution in [2.75, 3.05) is 0 Å². The third kappa shape index (κ3) is 2.90. The molecule has 200 valence electrons. The van der Waals surface area contributed by atoms with Gasteiger partial charge in [0.25, 0.3) is 0 Å². The number of pyridine rings is 2. The average molecular weight is 550 g/mol. The smallest absolute Gasteiger partial charge is 0.145 e. The van der Waals surface area contributed by atoms with Crippen LogP contribution in [0, 0.1) is 0 Å². The lowest BCUT2D eigenvalue weighted by Crippen LogP contribution is -1.95. The average Bonchev–Trinajstić information content (AvgIpc) is 3.78. The fourth-order valence-corrected chi connectivity index (χ4v) is 7.29. The molecule has 5 nitrogen and oxygen atoms in total. The van der Waals surface area contributed by atoms with Crippen LogP contribution in [0.25, 0.3) is 82.3 Å². The monoisotopic (exact) mass is 549 g/mol. The molecule has 0 N–H and O–H groups in total. The normalized spacial score (nSPS) is 12.2. The van der Waals surface area contributed by atoms with Gasteiger partial charge in [-0.1, -0.05) is 66.7 Å². The van der Waals surface area contributed by atoms with Gasteiger partial charge in [-0.05, 0) is 53.9 Å². The Morgan fingerprint density at radius 1 is 0.442 bits per heavy atom. The summed E-state index contributed by atoms with van der Waals surface area (Å²) in [4.78, 5) is 9.35. The summed E-state index contributed by atoms with van der Waals surface area (Å²) in [6, 6.07) is 41.4. The summed E-state index contributed by atoms with van der Waals surface area (Å²) in [5, 5.41) is 8.42. The highest BCUT2D eigenvalue weighted by Crippen LogP contribution is 2.45. The van der Waals surface area contributed by atoms with Crippen molar-refractivity contribution in [2.45, 2.75) is 0 Å². The second-order valence-corrected chi connectivity index (χ2v) is 11.1. The molecule has 5 aromatic carbocycles. The lowest BCUT2D eigenvalue weighted by molar-refractivity contribution is 1.17. The molecule has 5 aromatic heterocycles. The van der Waals surface area contributed by atoms with Crippen LogP contribution in [-0.4, -0.2) is 23.5 Å². The maximum absolute atomic E-state index is 4.91. The summed E-state index contributed by atoms with van der Waals surface area (Å²) in [6.45, 7) is 0. The number of para-hydroxylation sites is 3. The Morgan fingerprint density at radius 3 is 1.95 bits per heavy atom. The van der Waals surface area contributed by atoms with E-state index in [1.165, 1.54) is 48.9 Å². The molecule has 0 spiro atoms. The molecule has 0 aliphatic carbocycles. The SMILES string of the molecule is c1ccc(-n2c3ccccc3c3c2ccc2c4c5c(ccc4n(-c4ccccc4)c23)c2ccncc2n2ccnc52)cc1. The molecule has 43 heavy (non-hydrogen) atoms. The van der Waals surface area contributed by atoms with Gasteiger partial charge in [0, 0.05) is 62.3 Å². The van der Waals surface area contributed by atoms with Crippen molar-refractivity contribution in [3.8, 4) is 11.4 Å². The summed E-state index contributed by atoms with van der Waals surface area (Å²) >= 11 is 0. The summed E-state index contributed by atoms with van der Waals surface area (Å²) in [6.07, 6.45) is 7.74. The number of fused-ring (bicyclic) bond motifs is 14. The summed E-state index contributed by atoms with van der Waals surface area (Å²) in [7, 11) is 0. The van der Waals surface area contributed by atoms with Gasteiger partial charge in [0.1, 0.15) is 5.65 Å². The first kappa shape index (κ1) is 22.7. The van der Waals surface area contributed by atoms with Crippen LogP contribution < -0.4 is 0 Å². The van der Waals surface area contributed by atoms with Crippen LogP contribution in [0.5, 0.6) is 0 Å². The molecule has 0 fully saturated rings. The van der Waals surface area contributed by atoms with E-state index in [-0.39, 0.29) is 0 Å². The molecule has 0 saturated heterocycles. The van der Waals surface area contributed by atoms with E-state index in [4.69, 9.17) is 4.98 Å². The van der Waals surface area contributed by atoms with Gasteiger partial charge in [-0.2, -0.15) is 0 Å². The van der Waals surface area contributed by atoms with E-state index >= 15 is 0 Å². The summed E-state index contributed by atoms with van der Waals surface area (Å²) in [5.74, 6) is 0. The molecular formula is C38H23N5. The van der Waals surface area contributed by atoms with E-state index in [0.29, 0.717) is 0 Å². The van der Waals surface area contributed by atoms with Crippen molar-refractivity contribution in [1.82, 2.24) is 23.5 Å². The van der Waals surface area contributed by atoms with Gasteiger partial charge in [0.2, 0.25) is 0 Å². The van der Waals surface area contributed by atoms with Crippen LogP contribution in [0.15, 0.2) is 140 Å². The third-order valence-electron chi connectivity index (χ3n) is 8.97. The van der Waals surface area contributed by atoms with Crippen LogP contribution in [0.1, 0.15) is 0 Å². The first-order chi connectivity index (χ1) is 21.4. The predicted molar refractivity (Wildman–Crippen MR) is 177 cm³/mol. The Bertz CT molecular complexity index is 2710. The molecule has 10 rings (SSSR count). The van der Waals surface area contributed by atoms with Crippen molar-refractivity contribution in [3.05, 3.63) is 140 Å². The molecule has 0 bridgehead atoms. The number of rotatable bonds is 2. The number of imidazole rings is 1. The Hall–Kier alpha value is -5.94. The number of nitrogens with zero attached hydrogens (tertiary/aromatic N) is 5. The maximum atomic E-state index is 4.91. The zero-order valence-electron chi connectivity index (χ0n) is 23.0. The summed E-state index contributed by atoms with van der Waals surface area (Å²) in [5.41, 5.74) is 9.04. The molecular weight excluding hydrogens is 526 g/mol. The lowest BCUT2D eigenvalue weighted by Gasteiger charge is -2.11. The summed E-state index contributed by atoms with van der Waals surface area (Å²) < 4.78 is 7.02. The maximum Gasteiger partial charge on any atom is 0.145 e. The molecule has 0 amide bonds. The van der Waals surface area contributed by atoms with Gasteiger partial charge >= 0.3 is 0 Å². The lowest BCUT2D eigenvalue weighted by atomic mass is 10.0. The number of hydrogen-bond acceptors (Lipinski definition) is 2. The molecule has 0 aliphatic rings. The van der Waals surface area contributed by atoms with Gasteiger partial charge in [-0.25, -0.2) is 4.98 Å². The molecule has 5 heteroatoms. The van der Waals surface area contributed by atoms with E-state index in [1.807, 2.05) is 24.8 Å². The standard InChI is InChI=1S/C38H23N5/c1-3-9-24(10-4-1)42-30-14-8-7-13-28(30)35-32(42)18-16-29-34-31(43(37(29)35)25-11-5-2-6-12-25)17-15-27-26-19-20-39-23-33(26)41-22-21-40-38(41)36(27)34/h1-23H. The minimum Gasteiger partial charge on any atom is -0.309 e. The molecule has 10 aromatic rings. The first-order valence-corrected chi connectivity index (χ1v) is 14.5. The predicted octanol–water partition coefficient (Wildman–Crippen LogP) is 9.23. The fourth-order valence-electron chi connectivity index (χ4n) is 7.29. The molecule has 5 heterocycles. The zero-order valence-corrected chi connectivity index (χ0v) is 23.0. The Balaban J connectivity index is 1.51. The minimum atomic E-state index is 0.944. The van der Waals surface area contributed by atoms with E-state index in [9.17, 15) is 0 Å². The van der Waals surface area contributed by atoms with Crippen molar-refractivity contribution < 1.29 is 0 Å². The van der Waals surface area contributed by atoms with E-state index < -0.39 is 0 Å². The van der Waals surface area contributed by atoms with Crippen LogP contribution in [0.2, 0.25) is 0 Å². The molecule has 0 saturated carbocycles. The fraction of sp³-hybridized carbons (Fsp3) is 0. The van der Waals surface area contributed by atoms with Gasteiger partial charge in [-0.15, -0.1) is 0 Å². The Morgan fingerprint density at radius 2 is 1.14 bits per heavy atom. The number of hydrogen-bond donors (Lipinski definition) is 0. The first-order valence-electron chi connectivity index (χ1n) is 14.5. The molecule has 0 atom stereocenters. The highest BCUT2D eigenvalue weighted by atomic mass is 15.0. The van der Waals surface area contributed by atoms with E-state index in [0.717, 1.165) is 33.4 Å². The van der Waals surface area contributed by atoms with E-state index in [1.54, 1.807) is 0 Å². The van der Waals surface area contributed by atoms with Gasteiger partial charge in [0.05, 0.1) is 33.8 Å². The highest BCUT2D eigenvalue weighted by Gasteiger charge is 2.23. The molecule has 0 radical (unpaired) electrons. The van der Waals surface area contributed by atoms with Crippen molar-refractivity contribution >= 4 is 70.9 Å². The van der Waals surface area contributed by atoms with E-state index in [2.05, 4.69) is 134 Å². The van der Waals surface area contributed by atoms with Crippen LogP contribution in [-0.2, 0) is 0 Å².